The van der Waals surface area contributed by atoms with Gasteiger partial charge in [0.2, 0.25) is 10.0 Å². The number of sulfonamides is 1. The van der Waals surface area contributed by atoms with Crippen molar-refractivity contribution in [1.29, 1.82) is 0 Å². The van der Waals surface area contributed by atoms with Gasteiger partial charge >= 0.3 is 0 Å². The van der Waals surface area contributed by atoms with Crippen LogP contribution in [0.4, 0.5) is 0 Å². The van der Waals surface area contributed by atoms with E-state index in [9.17, 15) is 13.5 Å². The topological polar surface area (TPSA) is 136 Å². The highest BCUT2D eigenvalue weighted by Gasteiger charge is 2.48. The van der Waals surface area contributed by atoms with Crippen LogP contribution in [0.25, 0.3) is 28.0 Å². The van der Waals surface area contributed by atoms with E-state index in [1.807, 2.05) is 24.3 Å². The molecule has 6 rings (SSSR count). The molecule has 2 aliphatic heterocycles. The summed E-state index contributed by atoms with van der Waals surface area (Å²) in [6.07, 6.45) is 3.76. The van der Waals surface area contributed by atoms with Crippen LogP contribution in [-0.2, 0) is 19.5 Å². The molecule has 3 aliphatic rings. The molecule has 1 unspecified atom stereocenters. The van der Waals surface area contributed by atoms with Gasteiger partial charge in [0.1, 0.15) is 18.3 Å². The fraction of sp³-hybridized carbons (Fsp3) is 0.440. The first-order chi connectivity index (χ1) is 17.7. The Morgan fingerprint density at radius 2 is 1.89 bits per heavy atom. The second kappa shape index (κ2) is 9.64. The third-order valence-corrected chi connectivity index (χ3v) is 8.02. The van der Waals surface area contributed by atoms with Crippen molar-refractivity contribution in [2.75, 3.05) is 19.5 Å². The van der Waals surface area contributed by atoms with E-state index in [1.54, 1.807) is 6.07 Å². The molecule has 0 spiro atoms. The number of fused-ring (bicyclic) bond motifs is 2. The summed E-state index contributed by atoms with van der Waals surface area (Å²) in [5.41, 5.74) is 4.87. The molecule has 1 aliphatic carbocycles. The number of nitrogens with zero attached hydrogens (tertiary/aromatic N) is 2. The fourth-order valence-electron chi connectivity index (χ4n) is 5.19. The number of pyridine rings is 1. The molecule has 2 saturated heterocycles. The van der Waals surface area contributed by atoms with E-state index < -0.39 is 16.1 Å². The number of H-pyrrole nitrogens is 1. The van der Waals surface area contributed by atoms with E-state index in [-0.39, 0.29) is 31.0 Å². The number of aromatic nitrogens is 3. The first kappa shape index (κ1) is 24.8. The van der Waals surface area contributed by atoms with Crippen LogP contribution in [0.5, 0.6) is 6.01 Å². The lowest BCUT2D eigenvalue weighted by Gasteiger charge is -2.22. The minimum Gasteiger partial charge on any atom is -0.456 e. The van der Waals surface area contributed by atoms with Crippen LogP contribution >= 0.6 is 11.6 Å². The molecule has 196 valence electrons. The van der Waals surface area contributed by atoms with Crippen LogP contribution in [0.1, 0.15) is 24.8 Å². The van der Waals surface area contributed by atoms with Gasteiger partial charge in [0.25, 0.3) is 6.01 Å². The summed E-state index contributed by atoms with van der Waals surface area (Å²) in [5, 5.41) is 10.4. The molecule has 12 heteroatoms. The minimum absolute atomic E-state index is 0.0598. The van der Waals surface area contributed by atoms with Gasteiger partial charge in [0.05, 0.1) is 35.7 Å². The predicted octanol–water partition coefficient (Wildman–Crippen LogP) is 2.67. The predicted molar refractivity (Wildman–Crippen MR) is 138 cm³/mol. The Kier molecular flexibility index (Phi) is 6.46. The number of aliphatic hydroxyl groups excluding tert-OH is 1. The van der Waals surface area contributed by atoms with E-state index in [4.69, 9.17) is 25.8 Å². The number of aliphatic hydroxyl groups is 1. The van der Waals surface area contributed by atoms with Gasteiger partial charge in [-0.05, 0) is 36.5 Å². The van der Waals surface area contributed by atoms with Crippen molar-refractivity contribution >= 4 is 38.4 Å². The number of hydrogen-bond acceptors (Lipinski definition) is 8. The molecule has 5 atom stereocenters. The number of imidazole rings is 1. The van der Waals surface area contributed by atoms with Crippen LogP contribution in [0.15, 0.2) is 36.4 Å². The second-order valence-electron chi connectivity index (χ2n) is 9.72. The fourth-order valence-corrected chi connectivity index (χ4v) is 6.27. The Hall–Kier alpha value is -2.54. The van der Waals surface area contributed by atoms with Crippen molar-refractivity contribution in [3.8, 4) is 17.3 Å². The first-order valence-corrected chi connectivity index (χ1v) is 14.4. The van der Waals surface area contributed by atoms with Crippen molar-refractivity contribution in [3.63, 3.8) is 0 Å². The SMILES string of the molecule is CS(=O)(=O)NC1CC=C(c2ccc(-c3nc4nc(O[C@@H]5CO[C@H]6[C@@H]5OC[C@H]6O)[nH]c4cc3Cl)cc2)CC1. The quantitative estimate of drug-likeness (QED) is 0.429. The largest absolute Gasteiger partial charge is 0.456 e. The lowest BCUT2D eigenvalue weighted by atomic mass is 9.90. The van der Waals surface area contributed by atoms with Gasteiger partial charge in [-0.2, -0.15) is 4.98 Å². The van der Waals surface area contributed by atoms with Crippen LogP contribution in [0.3, 0.4) is 0 Å². The normalized spacial score (nSPS) is 27.9. The molecule has 3 aromatic rings. The van der Waals surface area contributed by atoms with Crippen molar-refractivity contribution in [1.82, 2.24) is 19.7 Å². The number of allylic oxidation sites excluding steroid dienone is 1. The third kappa shape index (κ3) is 5.12. The summed E-state index contributed by atoms with van der Waals surface area (Å²) in [7, 11) is -3.21. The molecule has 2 aromatic heterocycles. The molecule has 0 amide bonds. The molecule has 0 saturated carbocycles. The molecule has 0 radical (unpaired) electrons. The summed E-state index contributed by atoms with van der Waals surface area (Å²) in [4.78, 5) is 12.2. The van der Waals surface area contributed by atoms with Crippen molar-refractivity contribution < 1.29 is 27.7 Å². The molecule has 0 bridgehead atoms. The molecule has 3 N–H and O–H groups in total. The molecule has 2 fully saturated rings. The maximum atomic E-state index is 11.5. The van der Waals surface area contributed by atoms with E-state index in [0.29, 0.717) is 40.9 Å². The lowest BCUT2D eigenvalue weighted by molar-refractivity contribution is 0.00706. The molecular formula is C25H27ClN4O6S. The van der Waals surface area contributed by atoms with Crippen molar-refractivity contribution in [3.05, 3.63) is 47.0 Å². The lowest BCUT2D eigenvalue weighted by Crippen LogP contribution is -2.34. The third-order valence-electron chi connectivity index (χ3n) is 6.97. The van der Waals surface area contributed by atoms with Gasteiger partial charge in [-0.15, -0.1) is 0 Å². The summed E-state index contributed by atoms with van der Waals surface area (Å²) < 4.78 is 42.8. The van der Waals surface area contributed by atoms with E-state index in [2.05, 4.69) is 25.8 Å². The second-order valence-corrected chi connectivity index (χ2v) is 11.9. The zero-order valence-corrected chi connectivity index (χ0v) is 21.6. The Labute approximate surface area is 219 Å². The van der Waals surface area contributed by atoms with Crippen LogP contribution in [-0.4, -0.2) is 78.4 Å². The number of aromatic amines is 1. The van der Waals surface area contributed by atoms with Gasteiger partial charge in [0, 0.05) is 11.6 Å². The smallest absolute Gasteiger partial charge is 0.296 e. The zero-order chi connectivity index (χ0) is 25.7. The summed E-state index contributed by atoms with van der Waals surface area (Å²) >= 11 is 6.58. The number of halogens is 1. The van der Waals surface area contributed by atoms with E-state index >= 15 is 0 Å². The maximum absolute atomic E-state index is 11.5. The van der Waals surface area contributed by atoms with Crippen LogP contribution in [0.2, 0.25) is 5.02 Å². The van der Waals surface area contributed by atoms with Crippen molar-refractivity contribution in [2.45, 2.75) is 49.7 Å². The molecule has 1 aromatic carbocycles. The number of rotatable bonds is 6. The van der Waals surface area contributed by atoms with Crippen LogP contribution < -0.4 is 9.46 Å². The summed E-state index contributed by atoms with van der Waals surface area (Å²) in [6, 6.07) is 10.0. The van der Waals surface area contributed by atoms with Crippen molar-refractivity contribution in [2.24, 2.45) is 0 Å². The Morgan fingerprint density at radius 3 is 2.62 bits per heavy atom. The summed E-state index contributed by atoms with van der Waals surface area (Å²) in [5.74, 6) is 0. The highest BCUT2D eigenvalue weighted by molar-refractivity contribution is 7.88. The zero-order valence-electron chi connectivity index (χ0n) is 20.1. The first-order valence-electron chi connectivity index (χ1n) is 12.1. The number of benzene rings is 1. The van der Waals surface area contributed by atoms with Gasteiger partial charge in [0.15, 0.2) is 11.8 Å². The van der Waals surface area contributed by atoms with Crippen LogP contribution in [0, 0.1) is 0 Å². The number of ether oxygens (including phenoxy) is 3. The highest BCUT2D eigenvalue weighted by atomic mass is 35.5. The average molecular weight is 547 g/mol. The Morgan fingerprint density at radius 1 is 1.14 bits per heavy atom. The van der Waals surface area contributed by atoms with E-state index in [0.717, 1.165) is 24.0 Å². The monoisotopic (exact) mass is 546 g/mol. The van der Waals surface area contributed by atoms with Gasteiger partial charge in [-0.25, -0.2) is 18.1 Å². The highest BCUT2D eigenvalue weighted by Crippen LogP contribution is 2.34. The van der Waals surface area contributed by atoms with Gasteiger partial charge in [-0.3, -0.25) is 0 Å². The molecule has 10 nitrogen and oxygen atoms in total. The average Bonchev–Trinajstić information content (AvgIpc) is 3.55. The Bertz CT molecular complexity index is 1460. The van der Waals surface area contributed by atoms with E-state index in [1.165, 1.54) is 11.8 Å². The number of hydrogen-bond donors (Lipinski definition) is 3. The molecular weight excluding hydrogens is 520 g/mol. The Balaban J connectivity index is 1.17. The molecule has 37 heavy (non-hydrogen) atoms. The molecule has 4 heterocycles. The van der Waals surface area contributed by atoms with Gasteiger partial charge < -0.3 is 24.3 Å². The standard InChI is InChI=1S/C25H27ClN4O6S/c1-37(32,33)30-16-8-6-14(7-9-16)13-2-4-15(5-3-13)21-17(26)10-18-24(28-21)29-25(27-18)36-20-12-35-22-19(31)11-34-23(20)22/h2-6,10,16,19-20,22-23,30-31H,7-9,11-12H2,1H3,(H,27,28,29)/t16?,19-,20-,22-,23-/m1/s1. The number of nitrogens with one attached hydrogen (secondary N) is 2. The minimum atomic E-state index is -3.21. The summed E-state index contributed by atoms with van der Waals surface area (Å²) in [6.45, 7) is 0.535. The maximum Gasteiger partial charge on any atom is 0.296 e. The van der Waals surface area contributed by atoms with Gasteiger partial charge in [-0.1, -0.05) is 41.9 Å².